The lowest BCUT2D eigenvalue weighted by Crippen LogP contribution is -2.50. The van der Waals surface area contributed by atoms with Gasteiger partial charge in [0.1, 0.15) is 37.6 Å². The number of esters is 1. The van der Waals surface area contributed by atoms with Crippen LogP contribution in [0, 0.1) is 12.7 Å². The molecule has 0 fully saturated rings. The van der Waals surface area contributed by atoms with E-state index in [2.05, 4.69) is 36.6 Å². The summed E-state index contributed by atoms with van der Waals surface area (Å²) in [4.78, 5) is 111. The number of cyclic esters (lactones) is 1. The molecule has 0 saturated heterocycles. The Balaban J connectivity index is 0.791. The van der Waals surface area contributed by atoms with Gasteiger partial charge < -0.3 is 46.1 Å². The number of unbranched alkanes of at least 4 members (excludes halogenated alkanes) is 2. The van der Waals surface area contributed by atoms with Crippen molar-refractivity contribution in [3.05, 3.63) is 122 Å². The maximum absolute atomic E-state index is 15.0. The minimum Gasteiger partial charge on any atom is -0.458 e. The van der Waals surface area contributed by atoms with Crippen LogP contribution < -0.4 is 32.6 Å². The van der Waals surface area contributed by atoms with E-state index in [0.717, 1.165) is 16.0 Å². The van der Waals surface area contributed by atoms with E-state index in [1.807, 2.05) is 0 Å². The van der Waals surface area contributed by atoms with Crippen molar-refractivity contribution < 1.29 is 52.5 Å². The molecular weight excluding hydrogens is 988 g/mol. The van der Waals surface area contributed by atoms with Crippen LogP contribution in [-0.4, -0.2) is 127 Å². The smallest absolute Gasteiger partial charge is 0.343 e. The minimum absolute atomic E-state index is 0.0124. The van der Waals surface area contributed by atoms with E-state index in [9.17, 15) is 43.5 Å². The molecule has 8 rings (SSSR count). The Kier molecular flexibility index (Phi) is 16.8. The number of aliphatic hydroxyl groups is 1. The SMILES string of the molecule is CC[C@@]1(O)C(=O)OCc2c1cc1n(c2=O)Cc2c-1nc1cc(F)c(C)cc1c2Cn1cc(CCOCNC(=O)CNC(=O)[C@@H](Cc2ccccc2)NC(=O)CN=C(N)CNC(=O)CCCCCN2C(=O)C=CC2=O)nn1. The van der Waals surface area contributed by atoms with Gasteiger partial charge >= 0.3 is 5.97 Å². The van der Waals surface area contributed by atoms with Crippen LogP contribution in [0.15, 0.2) is 76.7 Å². The van der Waals surface area contributed by atoms with E-state index >= 15 is 4.39 Å². The maximum Gasteiger partial charge on any atom is 0.343 e. The number of aryl methyl sites for hydroxylation is 1. The maximum atomic E-state index is 15.0. The number of ether oxygens (including phenoxy) is 2. The summed E-state index contributed by atoms with van der Waals surface area (Å²) in [5.41, 5.74) is 8.09. The zero-order valence-electron chi connectivity index (χ0n) is 41.9. The van der Waals surface area contributed by atoms with Gasteiger partial charge in [0.15, 0.2) is 5.60 Å². The summed E-state index contributed by atoms with van der Waals surface area (Å²) in [6.45, 7) is 2.53. The van der Waals surface area contributed by atoms with E-state index < -0.39 is 59.8 Å². The summed E-state index contributed by atoms with van der Waals surface area (Å²) >= 11 is 0. The van der Waals surface area contributed by atoms with Gasteiger partial charge in [0, 0.05) is 66.7 Å². The van der Waals surface area contributed by atoms with Crippen LogP contribution in [0.5, 0.6) is 0 Å². The summed E-state index contributed by atoms with van der Waals surface area (Å²) in [7, 11) is 0. The highest BCUT2D eigenvalue weighted by atomic mass is 19.1. The molecule has 24 heteroatoms. The Labute approximate surface area is 434 Å². The Bertz CT molecular complexity index is 3210. The fraction of sp³-hybridized carbons (Fsp3) is 0.385. The molecule has 0 aliphatic carbocycles. The second-order valence-corrected chi connectivity index (χ2v) is 18.5. The standard InChI is InChI=1S/C52H57FN12O11/c1-3-52(74)37-20-41-48-35(27-65(41)50(72)36(37)28-76-51(52)73)34(33-18-30(2)38(53)21-39(33)60-48)26-63-25-32(61-62-63)15-17-75-29-58-44(67)23-57-49(71)40(19-31-10-6-4-7-11-31)59-45(68)24-55-42(54)22-56-43(66)12-8-5-9-16-64-46(69)13-14-47(64)70/h4,6-7,10-11,13-14,18,20-21,25,40,74H,3,5,8-9,12,15-17,19,22-24,26-29H2,1-2H3,(H2,54,55)(H,56,66)(H,57,71)(H,58,67)(H,59,68)/t40-,52+/m1/s1. The van der Waals surface area contributed by atoms with Crippen molar-refractivity contribution >= 4 is 58.2 Å². The molecule has 3 aliphatic heterocycles. The molecule has 5 aromatic rings. The van der Waals surface area contributed by atoms with Gasteiger partial charge in [-0.15, -0.1) is 5.10 Å². The number of nitrogens with zero attached hydrogens (tertiary/aromatic N) is 7. The molecular formula is C52H57FN12O11. The van der Waals surface area contributed by atoms with Crippen LogP contribution in [0.25, 0.3) is 22.3 Å². The number of halogens is 1. The van der Waals surface area contributed by atoms with E-state index in [0.29, 0.717) is 64.8 Å². The Morgan fingerprint density at radius 2 is 1.74 bits per heavy atom. The molecule has 0 unspecified atom stereocenters. The second-order valence-electron chi connectivity index (χ2n) is 18.5. The summed E-state index contributed by atoms with van der Waals surface area (Å²) in [5.74, 6) is -4.11. The fourth-order valence-electron chi connectivity index (χ4n) is 9.09. The number of fused-ring (bicyclic) bond motifs is 5. The van der Waals surface area contributed by atoms with Crippen LogP contribution in [-0.2, 0) is 81.2 Å². The molecule has 7 N–H and O–H groups in total. The number of nitrogens with one attached hydrogen (secondary N) is 4. The van der Waals surface area contributed by atoms with Crippen LogP contribution in [0.2, 0.25) is 0 Å². The lowest BCUT2D eigenvalue weighted by molar-refractivity contribution is -0.172. The monoisotopic (exact) mass is 1040 g/mol. The first-order chi connectivity index (χ1) is 36.5. The van der Waals surface area contributed by atoms with Gasteiger partial charge in [0.25, 0.3) is 17.4 Å². The highest BCUT2D eigenvalue weighted by molar-refractivity contribution is 6.12. The van der Waals surface area contributed by atoms with Crippen LogP contribution in [0.1, 0.15) is 78.1 Å². The molecule has 0 saturated carbocycles. The molecule has 2 aromatic carbocycles. The zero-order chi connectivity index (χ0) is 54.1. The average molecular weight is 1050 g/mol. The number of aromatic nitrogens is 5. The summed E-state index contributed by atoms with van der Waals surface area (Å²) < 4.78 is 29.0. The van der Waals surface area contributed by atoms with Crippen molar-refractivity contribution in [2.75, 3.05) is 39.5 Å². The van der Waals surface area contributed by atoms with E-state index in [1.165, 1.54) is 22.8 Å². The number of amidine groups is 1. The summed E-state index contributed by atoms with van der Waals surface area (Å²) in [6.07, 6.45) is 6.45. The molecule has 23 nitrogen and oxygen atoms in total. The number of benzene rings is 2. The third-order valence-electron chi connectivity index (χ3n) is 13.3. The topological polar surface area (TPSA) is 314 Å². The predicted octanol–water partition coefficient (Wildman–Crippen LogP) is 0.602. The number of carbonyl (C=O) groups is 7. The van der Waals surface area contributed by atoms with Gasteiger partial charge in [-0.3, -0.25) is 43.5 Å². The van der Waals surface area contributed by atoms with Crippen molar-refractivity contribution in [2.45, 2.75) is 90.1 Å². The van der Waals surface area contributed by atoms with E-state index in [4.69, 9.17) is 20.2 Å². The normalized spacial score (nSPS) is 16.0. The molecule has 2 atom stereocenters. The Hall–Kier alpha value is -8.51. The Morgan fingerprint density at radius 3 is 2.50 bits per heavy atom. The lowest BCUT2D eigenvalue weighted by atomic mass is 9.86. The third kappa shape index (κ3) is 12.4. The number of rotatable bonds is 24. The highest BCUT2D eigenvalue weighted by Crippen LogP contribution is 2.40. The van der Waals surface area contributed by atoms with E-state index in [1.54, 1.807) is 67.2 Å². The van der Waals surface area contributed by atoms with Crippen molar-refractivity contribution in [1.29, 1.82) is 0 Å². The summed E-state index contributed by atoms with van der Waals surface area (Å²) in [6, 6.07) is 12.5. The quantitative estimate of drug-likeness (QED) is 0.0121. The molecule has 0 spiro atoms. The average Bonchev–Trinajstić information content (AvgIpc) is 4.14. The minimum atomic E-state index is -2.01. The van der Waals surface area contributed by atoms with Gasteiger partial charge in [0.05, 0.1) is 60.9 Å². The number of imide groups is 1. The van der Waals surface area contributed by atoms with E-state index in [-0.39, 0.29) is 100 Å². The first-order valence-corrected chi connectivity index (χ1v) is 24.7. The molecule has 398 valence electrons. The molecule has 3 aliphatic rings. The summed E-state index contributed by atoms with van der Waals surface area (Å²) in [5, 5.41) is 31.0. The number of hydrogen-bond acceptors (Lipinski definition) is 15. The number of amides is 6. The van der Waals surface area contributed by atoms with Crippen molar-refractivity contribution in [1.82, 2.24) is 50.7 Å². The fourth-order valence-corrected chi connectivity index (χ4v) is 9.09. The molecule has 6 heterocycles. The number of carbonyl (C=O) groups excluding carboxylic acids is 7. The van der Waals surface area contributed by atoms with Crippen molar-refractivity contribution in [3.8, 4) is 11.4 Å². The molecule has 6 amide bonds. The van der Waals surface area contributed by atoms with Crippen LogP contribution in [0.4, 0.5) is 4.39 Å². The van der Waals surface area contributed by atoms with Gasteiger partial charge in [-0.1, -0.05) is 48.9 Å². The first-order valence-electron chi connectivity index (χ1n) is 24.7. The number of nitrogens with two attached hydrogens (primary N) is 1. The predicted molar refractivity (Wildman–Crippen MR) is 270 cm³/mol. The van der Waals surface area contributed by atoms with Crippen LogP contribution >= 0.6 is 0 Å². The molecule has 76 heavy (non-hydrogen) atoms. The molecule has 3 aromatic heterocycles. The number of hydrogen-bond donors (Lipinski definition) is 6. The first kappa shape index (κ1) is 53.8. The van der Waals surface area contributed by atoms with Gasteiger partial charge in [0.2, 0.25) is 23.6 Å². The zero-order valence-corrected chi connectivity index (χ0v) is 41.9. The Morgan fingerprint density at radius 1 is 0.961 bits per heavy atom. The number of aliphatic imine (C=N–C) groups is 1. The molecule has 0 radical (unpaired) electrons. The number of pyridine rings is 2. The van der Waals surface area contributed by atoms with Gasteiger partial charge in [-0.2, -0.15) is 0 Å². The van der Waals surface area contributed by atoms with Gasteiger partial charge in [-0.05, 0) is 55.0 Å². The highest BCUT2D eigenvalue weighted by Gasteiger charge is 2.45. The van der Waals surface area contributed by atoms with Gasteiger partial charge in [-0.25, -0.2) is 18.9 Å². The van der Waals surface area contributed by atoms with Crippen molar-refractivity contribution in [2.24, 2.45) is 10.7 Å². The van der Waals surface area contributed by atoms with Crippen LogP contribution in [0.3, 0.4) is 0 Å². The third-order valence-corrected chi connectivity index (χ3v) is 13.3. The largest absolute Gasteiger partial charge is 0.458 e. The van der Waals surface area contributed by atoms with Crippen molar-refractivity contribution in [3.63, 3.8) is 0 Å². The lowest BCUT2D eigenvalue weighted by Gasteiger charge is -2.31. The molecule has 0 bridgehead atoms. The second kappa shape index (κ2) is 23.8.